The van der Waals surface area contributed by atoms with Crippen LogP contribution in [0.1, 0.15) is 90.4 Å². The topological polar surface area (TPSA) is 0 Å². The zero-order valence-corrected chi connectivity index (χ0v) is 16.4. The first-order valence-corrected chi connectivity index (χ1v) is 16.4. The van der Waals surface area contributed by atoms with Gasteiger partial charge in [-0.05, 0) is 0 Å². The molecule has 0 N–H and O–H groups in total. The molecule has 0 bridgehead atoms. The molecule has 0 fully saturated rings. The molecule has 0 rings (SSSR count). The van der Waals surface area contributed by atoms with Gasteiger partial charge < -0.3 is 0 Å². The summed E-state index contributed by atoms with van der Waals surface area (Å²) in [5, 5.41) is 2.66. The van der Waals surface area contributed by atoms with Gasteiger partial charge in [-0.25, -0.2) is 0 Å². The molecule has 0 spiro atoms. The Labute approximate surface area is 126 Å². The summed E-state index contributed by atoms with van der Waals surface area (Å²) in [6.07, 6.45) is 18.9. The predicted molar refractivity (Wildman–Crippen MR) is 93.3 cm³/mol. The summed E-state index contributed by atoms with van der Waals surface area (Å²) in [5.41, 5.74) is 0. The van der Waals surface area contributed by atoms with Crippen LogP contribution in [0.5, 0.6) is 0 Å². The normalized spacial score (nSPS) is 12.0. The SMILES string of the molecule is CCCCCCCCCCCCCC[CH][Ge]([CH3])([CH3])[CH3]. The molecule has 0 atom stereocenters. The summed E-state index contributed by atoms with van der Waals surface area (Å²) in [6.45, 7) is 2.29. The molecule has 0 aliphatic carbocycles. The van der Waals surface area contributed by atoms with Crippen molar-refractivity contribution in [2.75, 3.05) is 0 Å². The van der Waals surface area contributed by atoms with Gasteiger partial charge in [-0.2, -0.15) is 0 Å². The molecule has 0 aromatic heterocycles. The van der Waals surface area contributed by atoms with Crippen molar-refractivity contribution in [3.8, 4) is 0 Å². The first-order chi connectivity index (χ1) is 9.06. The van der Waals surface area contributed by atoms with Crippen LogP contribution in [0.4, 0.5) is 0 Å². The van der Waals surface area contributed by atoms with Crippen molar-refractivity contribution in [3.05, 3.63) is 5.25 Å². The molecule has 1 heteroatoms. The van der Waals surface area contributed by atoms with Gasteiger partial charge in [0.1, 0.15) is 0 Å². The zero-order valence-electron chi connectivity index (χ0n) is 14.3. The van der Waals surface area contributed by atoms with Gasteiger partial charge >= 0.3 is 106 Å². The Morgan fingerprint density at radius 1 is 0.579 bits per heavy atom. The number of unbranched alkanes of at least 4 members (excludes halogenated alkanes) is 12. The van der Waals surface area contributed by atoms with Crippen molar-refractivity contribution in [2.45, 2.75) is 108 Å². The Hall–Kier alpha value is 0.543. The van der Waals surface area contributed by atoms with Crippen LogP contribution in [0.25, 0.3) is 0 Å². The molecule has 0 saturated carbocycles. The molecule has 0 aromatic rings. The quantitative estimate of drug-likeness (QED) is 0.234. The van der Waals surface area contributed by atoms with Crippen molar-refractivity contribution in [2.24, 2.45) is 0 Å². The average Bonchev–Trinajstić information content (AvgIpc) is 2.34. The fourth-order valence-electron chi connectivity index (χ4n) is 2.52. The maximum atomic E-state index is 2.66. The van der Waals surface area contributed by atoms with Gasteiger partial charge in [-0.3, -0.25) is 0 Å². The van der Waals surface area contributed by atoms with E-state index in [-0.39, 0.29) is 0 Å². The Morgan fingerprint density at radius 2 is 0.947 bits per heavy atom. The molecule has 0 nitrogen and oxygen atoms in total. The van der Waals surface area contributed by atoms with Gasteiger partial charge in [-0.15, -0.1) is 0 Å². The van der Waals surface area contributed by atoms with Crippen LogP contribution in [0.2, 0.25) is 17.3 Å². The van der Waals surface area contributed by atoms with Crippen molar-refractivity contribution >= 4 is 13.3 Å². The molecule has 0 aliphatic heterocycles. The summed E-state index contributed by atoms with van der Waals surface area (Å²) in [4.78, 5) is 0. The van der Waals surface area contributed by atoms with Gasteiger partial charge in [0.25, 0.3) is 0 Å². The van der Waals surface area contributed by atoms with Gasteiger partial charge in [-0.1, -0.05) is 19.8 Å². The van der Waals surface area contributed by atoms with E-state index in [1.165, 1.54) is 83.5 Å². The summed E-state index contributed by atoms with van der Waals surface area (Å²) < 4.78 is 0. The van der Waals surface area contributed by atoms with E-state index in [1.54, 1.807) is 0 Å². The van der Waals surface area contributed by atoms with E-state index in [9.17, 15) is 0 Å². The van der Waals surface area contributed by atoms with Crippen molar-refractivity contribution < 1.29 is 0 Å². The van der Waals surface area contributed by atoms with Crippen LogP contribution in [0, 0.1) is 5.25 Å². The monoisotopic (exact) mass is 329 g/mol. The second kappa shape index (κ2) is 13.5. The Bertz CT molecular complexity index is 169. The standard InChI is InChI=1S/C18H39Ge/c1-5-6-7-8-9-10-11-12-13-14-15-16-17-18-19(2,3)4/h18H,5-17H2,1-4H3. The van der Waals surface area contributed by atoms with Crippen LogP contribution in [0.15, 0.2) is 0 Å². The van der Waals surface area contributed by atoms with E-state index in [1.807, 2.05) is 0 Å². The summed E-state index contributed by atoms with van der Waals surface area (Å²) in [7, 11) is 0. The molecule has 0 heterocycles. The van der Waals surface area contributed by atoms with Crippen molar-refractivity contribution in [3.63, 3.8) is 0 Å². The van der Waals surface area contributed by atoms with E-state index in [4.69, 9.17) is 0 Å². The third-order valence-electron chi connectivity index (χ3n) is 3.81. The minimum absolute atomic E-state index is 1.34. The molecule has 19 heavy (non-hydrogen) atoms. The fourth-order valence-corrected chi connectivity index (χ4v) is 4.77. The van der Waals surface area contributed by atoms with E-state index >= 15 is 0 Å². The Morgan fingerprint density at radius 3 is 1.32 bits per heavy atom. The third-order valence-corrected chi connectivity index (χ3v) is 6.99. The van der Waals surface area contributed by atoms with Crippen molar-refractivity contribution in [1.29, 1.82) is 0 Å². The van der Waals surface area contributed by atoms with Crippen LogP contribution < -0.4 is 0 Å². The molecule has 0 saturated heterocycles. The van der Waals surface area contributed by atoms with E-state index in [0.29, 0.717) is 0 Å². The summed E-state index contributed by atoms with van der Waals surface area (Å²) >= 11 is -1.34. The molecule has 0 unspecified atom stereocenters. The zero-order chi connectivity index (χ0) is 14.4. The molecular formula is C18H39Ge. The molecule has 0 aromatic carbocycles. The molecular weight excluding hydrogens is 289 g/mol. The average molecular weight is 328 g/mol. The minimum atomic E-state index is -1.34. The number of hydrogen-bond acceptors (Lipinski definition) is 0. The molecule has 0 amide bonds. The molecule has 0 aliphatic rings. The van der Waals surface area contributed by atoms with Crippen LogP contribution in [0.3, 0.4) is 0 Å². The first-order valence-electron chi connectivity index (χ1n) is 8.90. The van der Waals surface area contributed by atoms with Crippen LogP contribution in [-0.2, 0) is 0 Å². The molecule has 115 valence electrons. The van der Waals surface area contributed by atoms with Crippen molar-refractivity contribution in [1.82, 2.24) is 0 Å². The number of rotatable bonds is 14. The maximum absolute atomic E-state index is 2.66. The van der Waals surface area contributed by atoms with E-state index in [0.717, 1.165) is 0 Å². The fraction of sp³-hybridized carbons (Fsp3) is 0.944. The first kappa shape index (κ1) is 19.5. The Balaban J connectivity index is 2.99. The van der Waals surface area contributed by atoms with Gasteiger partial charge in [0.05, 0.1) is 0 Å². The summed E-state index contributed by atoms with van der Waals surface area (Å²) in [5.74, 6) is 7.46. The third kappa shape index (κ3) is 18.5. The van der Waals surface area contributed by atoms with E-state index < -0.39 is 13.3 Å². The molecule has 1 radical (unpaired) electrons. The second-order valence-electron chi connectivity index (χ2n) is 7.25. The van der Waals surface area contributed by atoms with Gasteiger partial charge in [0.2, 0.25) is 0 Å². The van der Waals surface area contributed by atoms with Crippen LogP contribution in [-0.4, -0.2) is 13.3 Å². The van der Waals surface area contributed by atoms with E-state index in [2.05, 4.69) is 29.4 Å². The predicted octanol–water partition coefficient (Wildman–Crippen LogP) is 7.16. The summed E-state index contributed by atoms with van der Waals surface area (Å²) in [6, 6.07) is 0. The van der Waals surface area contributed by atoms with Crippen LogP contribution >= 0.6 is 0 Å². The second-order valence-corrected chi connectivity index (χ2v) is 18.0. The van der Waals surface area contributed by atoms with Gasteiger partial charge in [0, 0.05) is 0 Å². The Kier molecular flexibility index (Phi) is 13.9. The van der Waals surface area contributed by atoms with Gasteiger partial charge in [0.15, 0.2) is 0 Å². The number of hydrogen-bond donors (Lipinski definition) is 0.